The lowest BCUT2D eigenvalue weighted by molar-refractivity contribution is 0.293. The summed E-state index contributed by atoms with van der Waals surface area (Å²) < 4.78 is 0. The fourth-order valence-corrected chi connectivity index (χ4v) is 1.97. The van der Waals surface area contributed by atoms with Gasteiger partial charge in [-0.25, -0.2) is 0 Å². The maximum Gasteiger partial charge on any atom is 0.0233 e. The second kappa shape index (κ2) is 9.65. The molecule has 1 heterocycles. The maximum atomic E-state index is 2.58. The van der Waals surface area contributed by atoms with Gasteiger partial charge in [0.25, 0.3) is 0 Å². The van der Waals surface area contributed by atoms with E-state index in [0.717, 1.165) is 19.0 Å². The van der Waals surface area contributed by atoms with Crippen molar-refractivity contribution in [2.75, 3.05) is 13.1 Å². The highest BCUT2D eigenvalue weighted by molar-refractivity contribution is 5.19. The molecule has 0 N–H and O–H groups in total. The Labute approximate surface area is 102 Å². The van der Waals surface area contributed by atoms with E-state index in [1.165, 1.54) is 25.0 Å². The Morgan fingerprint density at radius 1 is 1.38 bits per heavy atom. The van der Waals surface area contributed by atoms with Gasteiger partial charge in [0.2, 0.25) is 0 Å². The molecule has 0 spiro atoms. The lowest BCUT2D eigenvalue weighted by Gasteiger charge is -2.21. The number of nitrogens with zero attached hydrogens (tertiary/aromatic N) is 1. The fraction of sp³-hybridized carbons (Fsp3) is 0.733. The predicted octanol–water partition coefficient (Wildman–Crippen LogP) is 4.41. The standard InChI is InChI=1S/C13H23N.C2H6/c1-4-6-9-13(5-2)11-14-10-7-8-12(14)3;1-2/h5-6,9,12H,4,7-8,10-11H2,1-3H3;1-2H3/b9-6-,13-5+;. The molecule has 0 bridgehead atoms. The molecule has 94 valence electrons. The Morgan fingerprint density at radius 2 is 2.06 bits per heavy atom. The smallest absolute Gasteiger partial charge is 0.0233 e. The van der Waals surface area contributed by atoms with E-state index < -0.39 is 0 Å². The predicted molar refractivity (Wildman–Crippen MR) is 74.8 cm³/mol. The van der Waals surface area contributed by atoms with Crippen LogP contribution in [0.2, 0.25) is 0 Å². The Bertz CT molecular complexity index is 215. The van der Waals surface area contributed by atoms with Gasteiger partial charge in [0.1, 0.15) is 0 Å². The quantitative estimate of drug-likeness (QED) is 0.638. The molecule has 0 aromatic heterocycles. The summed E-state index contributed by atoms with van der Waals surface area (Å²) in [5, 5.41) is 0. The third kappa shape index (κ3) is 5.50. The van der Waals surface area contributed by atoms with Crippen LogP contribution < -0.4 is 0 Å². The summed E-state index contributed by atoms with van der Waals surface area (Å²) in [7, 11) is 0. The van der Waals surface area contributed by atoms with Crippen LogP contribution in [0.4, 0.5) is 0 Å². The van der Waals surface area contributed by atoms with Crippen molar-refractivity contribution >= 4 is 0 Å². The molecule has 0 aromatic rings. The van der Waals surface area contributed by atoms with Gasteiger partial charge in [-0.05, 0) is 45.2 Å². The lowest BCUT2D eigenvalue weighted by atomic mass is 10.2. The summed E-state index contributed by atoms with van der Waals surface area (Å²) in [6, 6.07) is 0.778. The molecule has 1 aliphatic heterocycles. The summed E-state index contributed by atoms with van der Waals surface area (Å²) >= 11 is 0. The van der Waals surface area contributed by atoms with Crippen molar-refractivity contribution in [1.29, 1.82) is 0 Å². The van der Waals surface area contributed by atoms with E-state index in [2.05, 4.69) is 43.9 Å². The first kappa shape index (κ1) is 15.4. The van der Waals surface area contributed by atoms with Crippen molar-refractivity contribution in [3.05, 3.63) is 23.8 Å². The first-order valence-corrected chi connectivity index (χ1v) is 6.83. The number of hydrogen-bond donors (Lipinski definition) is 0. The van der Waals surface area contributed by atoms with Gasteiger partial charge in [-0.3, -0.25) is 4.90 Å². The highest BCUT2D eigenvalue weighted by Crippen LogP contribution is 2.18. The van der Waals surface area contributed by atoms with Crippen LogP contribution in [0.15, 0.2) is 23.8 Å². The highest BCUT2D eigenvalue weighted by atomic mass is 15.2. The molecule has 1 fully saturated rings. The van der Waals surface area contributed by atoms with Crippen molar-refractivity contribution in [3.63, 3.8) is 0 Å². The van der Waals surface area contributed by atoms with Crippen molar-refractivity contribution in [2.45, 2.75) is 59.9 Å². The van der Waals surface area contributed by atoms with Crippen molar-refractivity contribution < 1.29 is 0 Å². The second-order valence-electron chi connectivity index (χ2n) is 4.14. The Hall–Kier alpha value is -0.560. The topological polar surface area (TPSA) is 3.24 Å². The van der Waals surface area contributed by atoms with Crippen LogP contribution in [0.1, 0.15) is 53.9 Å². The largest absolute Gasteiger partial charge is 0.296 e. The molecule has 1 nitrogen and oxygen atoms in total. The third-order valence-corrected chi connectivity index (χ3v) is 3.01. The number of likely N-dealkylation sites (tertiary alicyclic amines) is 1. The molecule has 1 rings (SSSR count). The second-order valence-corrected chi connectivity index (χ2v) is 4.14. The highest BCUT2D eigenvalue weighted by Gasteiger charge is 2.19. The van der Waals surface area contributed by atoms with Crippen LogP contribution in [-0.2, 0) is 0 Å². The molecular formula is C15H29N. The van der Waals surface area contributed by atoms with E-state index in [1.807, 2.05) is 13.8 Å². The molecule has 1 heteroatoms. The molecule has 0 aliphatic carbocycles. The molecular weight excluding hydrogens is 194 g/mol. The van der Waals surface area contributed by atoms with E-state index in [-0.39, 0.29) is 0 Å². The average Bonchev–Trinajstić information content (AvgIpc) is 2.73. The molecule has 1 saturated heterocycles. The minimum Gasteiger partial charge on any atom is -0.296 e. The molecule has 16 heavy (non-hydrogen) atoms. The van der Waals surface area contributed by atoms with Crippen molar-refractivity contribution in [2.24, 2.45) is 0 Å². The van der Waals surface area contributed by atoms with Gasteiger partial charge in [0, 0.05) is 12.6 Å². The van der Waals surface area contributed by atoms with E-state index in [0.29, 0.717) is 0 Å². The maximum absolute atomic E-state index is 2.58. The molecule has 1 unspecified atom stereocenters. The molecule has 0 saturated carbocycles. The average molecular weight is 223 g/mol. The van der Waals surface area contributed by atoms with Gasteiger partial charge in [0.15, 0.2) is 0 Å². The van der Waals surface area contributed by atoms with Crippen LogP contribution in [0.5, 0.6) is 0 Å². The third-order valence-electron chi connectivity index (χ3n) is 3.01. The summed E-state index contributed by atoms with van der Waals surface area (Å²) in [6.45, 7) is 13.1. The molecule has 1 atom stereocenters. The van der Waals surface area contributed by atoms with Gasteiger partial charge in [-0.2, -0.15) is 0 Å². The zero-order chi connectivity index (χ0) is 12.4. The van der Waals surface area contributed by atoms with Crippen LogP contribution in [0.3, 0.4) is 0 Å². The molecule has 0 aromatic carbocycles. The van der Waals surface area contributed by atoms with Crippen LogP contribution in [0.25, 0.3) is 0 Å². The minimum atomic E-state index is 0.778. The van der Waals surface area contributed by atoms with E-state index >= 15 is 0 Å². The first-order valence-electron chi connectivity index (χ1n) is 6.83. The fourth-order valence-electron chi connectivity index (χ4n) is 1.97. The number of rotatable bonds is 4. The molecule has 0 radical (unpaired) electrons. The van der Waals surface area contributed by atoms with Gasteiger partial charge in [0.05, 0.1) is 0 Å². The van der Waals surface area contributed by atoms with Gasteiger partial charge >= 0.3 is 0 Å². The van der Waals surface area contributed by atoms with Crippen molar-refractivity contribution in [3.8, 4) is 0 Å². The van der Waals surface area contributed by atoms with Crippen LogP contribution in [0, 0.1) is 0 Å². The normalized spacial score (nSPS) is 22.3. The summed E-state index contributed by atoms with van der Waals surface area (Å²) in [5.74, 6) is 0. The van der Waals surface area contributed by atoms with Crippen molar-refractivity contribution in [1.82, 2.24) is 4.90 Å². The molecule has 0 amide bonds. The molecule has 1 aliphatic rings. The number of hydrogen-bond acceptors (Lipinski definition) is 1. The zero-order valence-electron chi connectivity index (χ0n) is 11.8. The summed E-state index contributed by atoms with van der Waals surface area (Å²) in [5.41, 5.74) is 1.46. The van der Waals surface area contributed by atoms with Gasteiger partial charge < -0.3 is 0 Å². The summed E-state index contributed by atoms with van der Waals surface area (Å²) in [6.07, 6.45) is 10.6. The van der Waals surface area contributed by atoms with E-state index in [1.54, 1.807) is 0 Å². The van der Waals surface area contributed by atoms with E-state index in [9.17, 15) is 0 Å². The minimum absolute atomic E-state index is 0.778. The summed E-state index contributed by atoms with van der Waals surface area (Å²) in [4.78, 5) is 2.58. The Balaban J connectivity index is 0.00000106. The monoisotopic (exact) mass is 223 g/mol. The SMILES string of the molecule is C/C=C(\C=C/CC)CN1CCCC1C.CC. The van der Waals surface area contributed by atoms with Crippen LogP contribution >= 0.6 is 0 Å². The number of allylic oxidation sites excluding steroid dienone is 2. The first-order chi connectivity index (χ1) is 7.77. The zero-order valence-corrected chi connectivity index (χ0v) is 11.8. The van der Waals surface area contributed by atoms with Gasteiger partial charge in [-0.15, -0.1) is 0 Å². The lowest BCUT2D eigenvalue weighted by Crippen LogP contribution is -2.28. The van der Waals surface area contributed by atoms with Crippen LogP contribution in [-0.4, -0.2) is 24.0 Å². The Morgan fingerprint density at radius 3 is 2.50 bits per heavy atom. The van der Waals surface area contributed by atoms with Gasteiger partial charge in [-0.1, -0.05) is 39.0 Å². The van der Waals surface area contributed by atoms with E-state index in [4.69, 9.17) is 0 Å². The Kier molecular flexibility index (Phi) is 9.31.